The van der Waals surface area contributed by atoms with Gasteiger partial charge in [-0.05, 0) is 30.3 Å². The molecular formula is C14H8Cl2F3NO. The summed E-state index contributed by atoms with van der Waals surface area (Å²) < 4.78 is 38.5. The van der Waals surface area contributed by atoms with Crippen molar-refractivity contribution in [1.29, 1.82) is 0 Å². The van der Waals surface area contributed by atoms with Crippen molar-refractivity contribution in [2.45, 2.75) is 6.18 Å². The predicted molar refractivity (Wildman–Crippen MR) is 75.9 cm³/mol. The molecule has 0 bridgehead atoms. The summed E-state index contributed by atoms with van der Waals surface area (Å²) in [7, 11) is 0. The van der Waals surface area contributed by atoms with Crippen molar-refractivity contribution in [1.82, 2.24) is 0 Å². The van der Waals surface area contributed by atoms with Gasteiger partial charge in [0.15, 0.2) is 0 Å². The van der Waals surface area contributed by atoms with Crippen LogP contribution in [0.5, 0.6) is 0 Å². The van der Waals surface area contributed by atoms with Crippen molar-refractivity contribution in [3.63, 3.8) is 0 Å². The lowest BCUT2D eigenvalue weighted by molar-refractivity contribution is -0.136. The van der Waals surface area contributed by atoms with E-state index in [1.807, 2.05) is 0 Å². The highest BCUT2D eigenvalue weighted by atomic mass is 35.5. The molecule has 0 heterocycles. The molecule has 0 saturated heterocycles. The summed E-state index contributed by atoms with van der Waals surface area (Å²) in [6.45, 7) is 0. The first-order valence-corrected chi connectivity index (χ1v) is 6.47. The third-order valence-corrected chi connectivity index (χ3v) is 3.40. The number of nitrogens with one attached hydrogen (secondary N) is 1. The Morgan fingerprint density at radius 1 is 1.00 bits per heavy atom. The molecule has 1 amide bonds. The van der Waals surface area contributed by atoms with Crippen molar-refractivity contribution >= 4 is 34.8 Å². The fraction of sp³-hybridized carbons (Fsp3) is 0.0714. The molecule has 7 heteroatoms. The van der Waals surface area contributed by atoms with E-state index in [4.69, 9.17) is 23.2 Å². The molecule has 0 atom stereocenters. The van der Waals surface area contributed by atoms with Crippen LogP contribution in [0.15, 0.2) is 42.5 Å². The van der Waals surface area contributed by atoms with Gasteiger partial charge in [0.25, 0.3) is 5.91 Å². The fourth-order valence-electron chi connectivity index (χ4n) is 1.67. The monoisotopic (exact) mass is 333 g/mol. The average molecular weight is 334 g/mol. The fourth-order valence-corrected chi connectivity index (χ4v) is 1.97. The first-order valence-electron chi connectivity index (χ1n) is 5.71. The summed E-state index contributed by atoms with van der Waals surface area (Å²) in [5.41, 5.74) is -1.12. The highest BCUT2D eigenvalue weighted by Crippen LogP contribution is 2.34. The lowest BCUT2D eigenvalue weighted by Crippen LogP contribution is -2.16. The summed E-state index contributed by atoms with van der Waals surface area (Å²) >= 11 is 11.5. The van der Waals surface area contributed by atoms with Crippen LogP contribution in [0.1, 0.15) is 15.9 Å². The number of anilines is 1. The van der Waals surface area contributed by atoms with Gasteiger partial charge in [0.2, 0.25) is 0 Å². The molecule has 110 valence electrons. The molecular weight excluding hydrogens is 326 g/mol. The highest BCUT2D eigenvalue weighted by Gasteiger charge is 2.33. The SMILES string of the molecule is O=C(Nc1ccccc1C(F)(F)F)c1ccc(Cl)c(Cl)c1. The smallest absolute Gasteiger partial charge is 0.321 e. The molecule has 0 fully saturated rings. The molecule has 2 rings (SSSR count). The number of alkyl halides is 3. The van der Waals surface area contributed by atoms with Crippen LogP contribution in [0.25, 0.3) is 0 Å². The summed E-state index contributed by atoms with van der Waals surface area (Å²) in [6.07, 6.45) is -4.55. The number of rotatable bonds is 2. The number of carbonyl (C=O) groups is 1. The van der Waals surface area contributed by atoms with Crippen molar-refractivity contribution in [3.05, 3.63) is 63.6 Å². The van der Waals surface area contributed by atoms with Gasteiger partial charge in [0, 0.05) is 5.56 Å². The molecule has 2 aromatic carbocycles. The van der Waals surface area contributed by atoms with Gasteiger partial charge in [-0.15, -0.1) is 0 Å². The third-order valence-electron chi connectivity index (χ3n) is 2.66. The Bertz CT molecular complexity index is 686. The van der Waals surface area contributed by atoms with Gasteiger partial charge in [-0.25, -0.2) is 0 Å². The molecule has 0 spiro atoms. The Morgan fingerprint density at radius 3 is 2.29 bits per heavy atom. The number of halogens is 5. The minimum Gasteiger partial charge on any atom is -0.321 e. The average Bonchev–Trinajstić information content (AvgIpc) is 2.41. The lowest BCUT2D eigenvalue weighted by atomic mass is 10.1. The second-order valence-electron chi connectivity index (χ2n) is 4.13. The molecule has 0 aromatic heterocycles. The van der Waals surface area contributed by atoms with Crippen LogP contribution in [-0.4, -0.2) is 5.91 Å². The summed E-state index contributed by atoms with van der Waals surface area (Å²) in [6, 6.07) is 8.78. The number of carbonyl (C=O) groups excluding carboxylic acids is 1. The van der Waals surface area contributed by atoms with E-state index in [0.29, 0.717) is 0 Å². The van der Waals surface area contributed by atoms with E-state index in [1.54, 1.807) is 0 Å². The molecule has 0 aliphatic rings. The van der Waals surface area contributed by atoms with Crippen LogP contribution < -0.4 is 5.32 Å². The van der Waals surface area contributed by atoms with Crippen molar-refractivity contribution in [2.24, 2.45) is 0 Å². The maximum atomic E-state index is 12.8. The molecule has 2 aromatic rings. The zero-order chi connectivity index (χ0) is 15.6. The first kappa shape index (κ1) is 15.7. The zero-order valence-electron chi connectivity index (χ0n) is 10.3. The van der Waals surface area contributed by atoms with E-state index in [-0.39, 0.29) is 21.3 Å². The van der Waals surface area contributed by atoms with Crippen LogP contribution in [0, 0.1) is 0 Å². The molecule has 21 heavy (non-hydrogen) atoms. The molecule has 0 aliphatic carbocycles. The van der Waals surface area contributed by atoms with E-state index in [1.165, 1.54) is 36.4 Å². The topological polar surface area (TPSA) is 29.1 Å². The quantitative estimate of drug-likeness (QED) is 0.797. The molecule has 0 saturated carbocycles. The number of amides is 1. The van der Waals surface area contributed by atoms with Crippen LogP contribution >= 0.6 is 23.2 Å². The molecule has 0 unspecified atom stereocenters. The normalized spacial score (nSPS) is 11.3. The van der Waals surface area contributed by atoms with E-state index < -0.39 is 17.6 Å². The molecule has 1 N–H and O–H groups in total. The predicted octanol–water partition coefficient (Wildman–Crippen LogP) is 5.26. The van der Waals surface area contributed by atoms with Gasteiger partial charge in [0.05, 0.1) is 21.3 Å². The number of para-hydroxylation sites is 1. The van der Waals surface area contributed by atoms with E-state index >= 15 is 0 Å². The highest BCUT2D eigenvalue weighted by molar-refractivity contribution is 6.42. The van der Waals surface area contributed by atoms with Crippen LogP contribution in [-0.2, 0) is 6.18 Å². The van der Waals surface area contributed by atoms with E-state index in [9.17, 15) is 18.0 Å². The van der Waals surface area contributed by atoms with Crippen molar-refractivity contribution in [3.8, 4) is 0 Å². The van der Waals surface area contributed by atoms with Gasteiger partial charge in [0.1, 0.15) is 0 Å². The van der Waals surface area contributed by atoms with Crippen LogP contribution in [0.2, 0.25) is 10.0 Å². The minimum atomic E-state index is -4.55. The van der Waals surface area contributed by atoms with E-state index in [0.717, 1.165) is 6.07 Å². The lowest BCUT2D eigenvalue weighted by Gasteiger charge is -2.13. The number of benzene rings is 2. The van der Waals surface area contributed by atoms with Crippen LogP contribution in [0.3, 0.4) is 0 Å². The van der Waals surface area contributed by atoms with Crippen molar-refractivity contribution in [2.75, 3.05) is 5.32 Å². The van der Waals surface area contributed by atoms with Gasteiger partial charge < -0.3 is 5.32 Å². The number of hydrogen-bond acceptors (Lipinski definition) is 1. The van der Waals surface area contributed by atoms with Gasteiger partial charge in [-0.3, -0.25) is 4.79 Å². The Labute approximate surface area is 128 Å². The molecule has 2 nitrogen and oxygen atoms in total. The Balaban J connectivity index is 2.30. The zero-order valence-corrected chi connectivity index (χ0v) is 11.9. The molecule has 0 aliphatic heterocycles. The number of hydrogen-bond donors (Lipinski definition) is 1. The molecule has 0 radical (unpaired) electrons. The van der Waals surface area contributed by atoms with Gasteiger partial charge >= 0.3 is 6.18 Å². The van der Waals surface area contributed by atoms with Crippen molar-refractivity contribution < 1.29 is 18.0 Å². The second-order valence-corrected chi connectivity index (χ2v) is 4.94. The Morgan fingerprint density at radius 2 is 1.67 bits per heavy atom. The van der Waals surface area contributed by atoms with Crippen LogP contribution in [0.4, 0.5) is 18.9 Å². The maximum absolute atomic E-state index is 12.8. The van der Waals surface area contributed by atoms with Gasteiger partial charge in [-0.1, -0.05) is 35.3 Å². The first-order chi connectivity index (χ1) is 9.79. The van der Waals surface area contributed by atoms with Gasteiger partial charge in [-0.2, -0.15) is 13.2 Å². The standard InChI is InChI=1S/C14H8Cl2F3NO/c15-10-6-5-8(7-11(10)16)13(21)20-12-4-2-1-3-9(12)14(17,18)19/h1-7H,(H,20,21). The maximum Gasteiger partial charge on any atom is 0.418 e. The summed E-state index contributed by atoms with van der Waals surface area (Å²) in [5, 5.41) is 2.62. The minimum absolute atomic E-state index is 0.112. The Kier molecular flexibility index (Phi) is 4.44. The van der Waals surface area contributed by atoms with E-state index in [2.05, 4.69) is 5.32 Å². The summed E-state index contributed by atoms with van der Waals surface area (Å²) in [5.74, 6) is -0.703. The largest absolute Gasteiger partial charge is 0.418 e. The second kappa shape index (κ2) is 5.95. The third kappa shape index (κ3) is 3.68. The Hall–Kier alpha value is -1.72. The summed E-state index contributed by atoms with van der Waals surface area (Å²) in [4.78, 5) is 12.0.